The van der Waals surface area contributed by atoms with Gasteiger partial charge in [-0.1, -0.05) is 19.9 Å². The number of anilines is 1. The summed E-state index contributed by atoms with van der Waals surface area (Å²) in [5.74, 6) is 0.810. The normalized spacial score (nSPS) is 29.9. The number of amides is 1. The van der Waals surface area contributed by atoms with Crippen LogP contribution in [0, 0.1) is 5.41 Å². The van der Waals surface area contributed by atoms with Crippen LogP contribution in [0.3, 0.4) is 0 Å². The van der Waals surface area contributed by atoms with Crippen LogP contribution in [-0.2, 0) is 20.8 Å². The van der Waals surface area contributed by atoms with E-state index in [0.29, 0.717) is 19.6 Å². The molecule has 0 radical (unpaired) electrons. The maximum Gasteiger partial charge on any atom is 0.241 e. The molecule has 1 saturated heterocycles. The van der Waals surface area contributed by atoms with E-state index in [4.69, 9.17) is 15.2 Å². The molecule has 2 fully saturated rings. The van der Waals surface area contributed by atoms with Gasteiger partial charge in [-0.15, -0.1) is 0 Å². The number of carbonyl (C=O) groups excluding carboxylic acids is 1. The van der Waals surface area contributed by atoms with E-state index in [-0.39, 0.29) is 23.5 Å². The van der Waals surface area contributed by atoms with Crippen LogP contribution in [0.1, 0.15) is 39.7 Å². The van der Waals surface area contributed by atoms with Gasteiger partial charge in [0.15, 0.2) is 0 Å². The Morgan fingerprint density at radius 1 is 1.48 bits per heavy atom. The van der Waals surface area contributed by atoms with Crippen molar-refractivity contribution >= 4 is 11.7 Å². The van der Waals surface area contributed by atoms with Crippen LogP contribution in [0.4, 0.5) is 5.82 Å². The lowest BCUT2D eigenvalue weighted by Crippen LogP contribution is -2.75. The SMILES string of the molecule is CCOC1CC(N)(C(=O)NCc2ccc(N3CCOC(C)C3)nc2)C1(C)C. The Bertz CT molecular complexity index is 664. The van der Waals surface area contributed by atoms with Gasteiger partial charge in [-0.25, -0.2) is 4.98 Å². The van der Waals surface area contributed by atoms with Crippen molar-refractivity contribution in [2.24, 2.45) is 11.1 Å². The van der Waals surface area contributed by atoms with Crippen molar-refractivity contribution in [2.45, 2.75) is 58.4 Å². The molecule has 3 N–H and O–H groups in total. The molecule has 0 spiro atoms. The van der Waals surface area contributed by atoms with Gasteiger partial charge in [0.1, 0.15) is 11.4 Å². The molecular weight excluding hydrogens is 344 g/mol. The number of carbonyl (C=O) groups is 1. The van der Waals surface area contributed by atoms with Crippen molar-refractivity contribution in [3.63, 3.8) is 0 Å². The average Bonchev–Trinajstić information content (AvgIpc) is 2.66. The monoisotopic (exact) mass is 376 g/mol. The summed E-state index contributed by atoms with van der Waals surface area (Å²) in [5.41, 5.74) is 6.09. The predicted octanol–water partition coefficient (Wildman–Crippen LogP) is 1.46. The molecule has 150 valence electrons. The van der Waals surface area contributed by atoms with Crippen molar-refractivity contribution in [3.8, 4) is 0 Å². The molecule has 2 aliphatic rings. The minimum atomic E-state index is -0.899. The first-order valence-corrected chi connectivity index (χ1v) is 9.78. The highest BCUT2D eigenvalue weighted by molar-refractivity contribution is 5.88. The molecular formula is C20H32N4O3. The van der Waals surface area contributed by atoms with Crippen molar-refractivity contribution in [1.82, 2.24) is 10.3 Å². The zero-order valence-electron chi connectivity index (χ0n) is 16.8. The summed E-state index contributed by atoms with van der Waals surface area (Å²) in [6.07, 6.45) is 2.60. The molecule has 7 nitrogen and oxygen atoms in total. The van der Waals surface area contributed by atoms with Gasteiger partial charge in [-0.05, 0) is 25.5 Å². The van der Waals surface area contributed by atoms with Crippen LogP contribution in [0.25, 0.3) is 0 Å². The Morgan fingerprint density at radius 2 is 2.26 bits per heavy atom. The summed E-state index contributed by atoms with van der Waals surface area (Å²) >= 11 is 0. The minimum Gasteiger partial charge on any atom is -0.378 e. The van der Waals surface area contributed by atoms with Crippen LogP contribution in [0.2, 0.25) is 0 Å². The number of ether oxygens (including phenoxy) is 2. The highest BCUT2D eigenvalue weighted by Gasteiger charge is 2.62. The zero-order valence-corrected chi connectivity index (χ0v) is 16.8. The van der Waals surface area contributed by atoms with E-state index in [0.717, 1.165) is 31.1 Å². The van der Waals surface area contributed by atoms with Crippen LogP contribution < -0.4 is 16.0 Å². The predicted molar refractivity (Wildman–Crippen MR) is 104 cm³/mol. The van der Waals surface area contributed by atoms with Crippen LogP contribution in [0.5, 0.6) is 0 Å². The van der Waals surface area contributed by atoms with E-state index in [1.165, 1.54) is 0 Å². The number of aromatic nitrogens is 1. The lowest BCUT2D eigenvalue weighted by molar-refractivity contribution is -0.170. The van der Waals surface area contributed by atoms with Crippen molar-refractivity contribution in [3.05, 3.63) is 23.9 Å². The molecule has 1 aromatic rings. The lowest BCUT2D eigenvalue weighted by Gasteiger charge is -2.57. The molecule has 1 amide bonds. The summed E-state index contributed by atoms with van der Waals surface area (Å²) in [7, 11) is 0. The number of nitrogens with zero attached hydrogens (tertiary/aromatic N) is 2. The van der Waals surface area contributed by atoms with Gasteiger partial charge in [0.25, 0.3) is 0 Å². The molecule has 1 aliphatic heterocycles. The molecule has 1 saturated carbocycles. The van der Waals surface area contributed by atoms with E-state index >= 15 is 0 Å². The van der Waals surface area contributed by atoms with Gasteiger partial charge in [0.2, 0.25) is 5.91 Å². The lowest BCUT2D eigenvalue weighted by atomic mass is 9.54. The van der Waals surface area contributed by atoms with E-state index in [2.05, 4.69) is 22.1 Å². The summed E-state index contributed by atoms with van der Waals surface area (Å²) in [4.78, 5) is 19.5. The van der Waals surface area contributed by atoms with Gasteiger partial charge >= 0.3 is 0 Å². The third kappa shape index (κ3) is 3.81. The zero-order chi connectivity index (χ0) is 19.7. The van der Waals surface area contributed by atoms with Crippen LogP contribution in [0.15, 0.2) is 18.3 Å². The molecule has 3 rings (SSSR count). The topological polar surface area (TPSA) is 89.7 Å². The molecule has 7 heteroatoms. The second-order valence-electron chi connectivity index (χ2n) is 8.18. The Balaban J connectivity index is 1.55. The number of hydrogen-bond donors (Lipinski definition) is 2. The van der Waals surface area contributed by atoms with E-state index in [1.54, 1.807) is 0 Å². The van der Waals surface area contributed by atoms with Crippen molar-refractivity contribution in [1.29, 1.82) is 0 Å². The summed E-state index contributed by atoms with van der Waals surface area (Å²) in [5, 5.41) is 2.97. The second-order valence-corrected chi connectivity index (χ2v) is 8.18. The van der Waals surface area contributed by atoms with Gasteiger partial charge in [-0.2, -0.15) is 0 Å². The van der Waals surface area contributed by atoms with Gasteiger partial charge in [0, 0.05) is 44.3 Å². The maximum absolute atomic E-state index is 12.7. The number of pyridine rings is 1. The number of nitrogens with two attached hydrogens (primary N) is 1. The van der Waals surface area contributed by atoms with E-state index < -0.39 is 5.54 Å². The van der Waals surface area contributed by atoms with Crippen molar-refractivity contribution in [2.75, 3.05) is 31.2 Å². The number of nitrogens with one attached hydrogen (secondary N) is 1. The van der Waals surface area contributed by atoms with E-state index in [1.807, 2.05) is 39.1 Å². The standard InChI is InChI=1S/C20H32N4O3/c1-5-26-16-10-20(21,19(16,3)4)18(25)23-12-15-6-7-17(22-11-15)24-8-9-27-14(2)13-24/h6-7,11,14,16H,5,8-10,12-13,21H2,1-4H3,(H,23,25). The first-order valence-electron chi connectivity index (χ1n) is 9.78. The van der Waals surface area contributed by atoms with Crippen molar-refractivity contribution < 1.29 is 14.3 Å². The Kier molecular flexibility index (Phi) is 5.74. The fourth-order valence-electron chi connectivity index (χ4n) is 3.90. The summed E-state index contributed by atoms with van der Waals surface area (Å²) in [6, 6.07) is 4.00. The van der Waals surface area contributed by atoms with E-state index in [9.17, 15) is 4.79 Å². The minimum absolute atomic E-state index is 0.0233. The first kappa shape index (κ1) is 20.0. The van der Waals surface area contributed by atoms with Crippen LogP contribution in [-0.4, -0.2) is 54.9 Å². The highest BCUT2D eigenvalue weighted by Crippen LogP contribution is 2.49. The summed E-state index contributed by atoms with van der Waals surface area (Å²) < 4.78 is 11.3. The van der Waals surface area contributed by atoms with Crippen LogP contribution >= 0.6 is 0 Å². The Morgan fingerprint density at radius 3 is 2.85 bits per heavy atom. The smallest absolute Gasteiger partial charge is 0.241 e. The average molecular weight is 377 g/mol. The highest BCUT2D eigenvalue weighted by atomic mass is 16.5. The molecule has 27 heavy (non-hydrogen) atoms. The molecule has 0 bridgehead atoms. The Labute approximate surface area is 161 Å². The maximum atomic E-state index is 12.7. The molecule has 2 heterocycles. The first-order chi connectivity index (χ1) is 12.8. The fraction of sp³-hybridized carbons (Fsp3) is 0.700. The molecule has 3 atom stereocenters. The van der Waals surface area contributed by atoms with Gasteiger partial charge in [-0.3, -0.25) is 4.79 Å². The molecule has 1 aliphatic carbocycles. The van der Waals surface area contributed by atoms with Gasteiger partial charge in [0.05, 0.1) is 18.8 Å². The summed E-state index contributed by atoms with van der Waals surface area (Å²) in [6.45, 7) is 11.5. The molecule has 3 unspecified atom stereocenters. The molecule has 0 aromatic carbocycles. The largest absolute Gasteiger partial charge is 0.378 e. The third-order valence-corrected chi connectivity index (χ3v) is 6.06. The Hall–Kier alpha value is -1.70. The number of hydrogen-bond acceptors (Lipinski definition) is 6. The quantitative estimate of drug-likeness (QED) is 0.781. The number of morpholine rings is 1. The van der Waals surface area contributed by atoms with Gasteiger partial charge < -0.3 is 25.4 Å². The third-order valence-electron chi connectivity index (χ3n) is 6.06. The fourth-order valence-corrected chi connectivity index (χ4v) is 3.90. The number of rotatable bonds is 6. The molecule has 1 aromatic heterocycles. The second kappa shape index (κ2) is 7.73.